The Morgan fingerprint density at radius 1 is 1.19 bits per heavy atom. The number of morpholine rings is 1. The normalized spacial score (nSPS) is 14.1. The lowest BCUT2D eigenvalue weighted by molar-refractivity contribution is 0.0298. The number of anilines is 3. The number of carbonyl (C=O) groups excluding carboxylic acids is 1. The molecule has 0 atom stereocenters. The van der Waals surface area contributed by atoms with E-state index in [2.05, 4.69) is 59.2 Å². The van der Waals surface area contributed by atoms with Crippen LogP contribution in [0.4, 0.5) is 17.2 Å². The van der Waals surface area contributed by atoms with Crippen molar-refractivity contribution in [3.05, 3.63) is 41.9 Å². The van der Waals surface area contributed by atoms with Gasteiger partial charge in [-0.25, -0.2) is 9.97 Å². The third-order valence-corrected chi connectivity index (χ3v) is 4.77. The SMILES string of the molecule is CCN(CC)c1ccc(Nc2cnc(C(=O)N3CCOCC3)cn2)c(C)c1. The standard InChI is InChI=1S/C20H27N5O2/c1-4-24(5-2)16-6-7-17(15(3)12-16)23-19-14-21-18(13-22-19)20(26)25-8-10-27-11-9-25/h6-7,12-14H,4-5,8-11H2,1-3H3,(H,22,23). The number of carbonyl (C=O) groups is 1. The summed E-state index contributed by atoms with van der Waals surface area (Å²) in [5.74, 6) is 0.518. The van der Waals surface area contributed by atoms with Crippen LogP contribution in [0.1, 0.15) is 29.9 Å². The lowest BCUT2D eigenvalue weighted by Gasteiger charge is -2.26. The van der Waals surface area contributed by atoms with Gasteiger partial charge in [-0.3, -0.25) is 4.79 Å². The molecule has 1 N–H and O–H groups in total. The maximum Gasteiger partial charge on any atom is 0.274 e. The number of ether oxygens (including phenoxy) is 1. The van der Waals surface area contributed by atoms with Crippen molar-refractivity contribution >= 4 is 23.1 Å². The van der Waals surface area contributed by atoms with E-state index >= 15 is 0 Å². The van der Waals surface area contributed by atoms with Crippen LogP contribution in [-0.4, -0.2) is 60.2 Å². The lowest BCUT2D eigenvalue weighted by atomic mass is 10.1. The number of nitrogens with zero attached hydrogens (tertiary/aromatic N) is 4. The molecule has 1 aliphatic heterocycles. The summed E-state index contributed by atoms with van der Waals surface area (Å²) >= 11 is 0. The Labute approximate surface area is 160 Å². The predicted octanol–water partition coefficient (Wildman–Crippen LogP) is 2.85. The van der Waals surface area contributed by atoms with E-state index in [-0.39, 0.29) is 5.91 Å². The van der Waals surface area contributed by atoms with Crippen LogP contribution in [0.3, 0.4) is 0 Å². The van der Waals surface area contributed by atoms with Gasteiger partial charge in [-0.1, -0.05) is 0 Å². The van der Waals surface area contributed by atoms with Gasteiger partial charge in [0.15, 0.2) is 0 Å². The first-order chi connectivity index (χ1) is 13.1. The Hall–Kier alpha value is -2.67. The Kier molecular flexibility index (Phi) is 6.24. The molecule has 0 radical (unpaired) electrons. The number of aryl methyl sites for hydroxylation is 1. The predicted molar refractivity (Wildman–Crippen MR) is 107 cm³/mol. The molecule has 1 aliphatic rings. The molecular formula is C20H27N5O2. The average molecular weight is 369 g/mol. The molecule has 1 aromatic heterocycles. The maximum absolute atomic E-state index is 12.4. The van der Waals surface area contributed by atoms with Gasteiger partial charge in [0.25, 0.3) is 5.91 Å². The first kappa shape index (κ1) is 19.1. The van der Waals surface area contributed by atoms with Crippen LogP contribution in [-0.2, 0) is 4.74 Å². The van der Waals surface area contributed by atoms with Crippen LogP contribution in [0.15, 0.2) is 30.6 Å². The Balaban J connectivity index is 1.68. The zero-order valence-corrected chi connectivity index (χ0v) is 16.2. The average Bonchev–Trinajstić information content (AvgIpc) is 2.71. The zero-order valence-electron chi connectivity index (χ0n) is 16.2. The van der Waals surface area contributed by atoms with Crippen LogP contribution >= 0.6 is 0 Å². The van der Waals surface area contributed by atoms with Crippen molar-refractivity contribution < 1.29 is 9.53 Å². The van der Waals surface area contributed by atoms with Gasteiger partial charge < -0.3 is 19.9 Å². The fourth-order valence-corrected chi connectivity index (χ4v) is 3.14. The van der Waals surface area contributed by atoms with Crippen LogP contribution < -0.4 is 10.2 Å². The largest absolute Gasteiger partial charge is 0.378 e. The van der Waals surface area contributed by atoms with E-state index in [0.717, 1.165) is 24.3 Å². The molecule has 0 spiro atoms. The molecule has 1 amide bonds. The second-order valence-electron chi connectivity index (χ2n) is 6.49. The summed E-state index contributed by atoms with van der Waals surface area (Å²) in [6, 6.07) is 6.32. The molecule has 0 aliphatic carbocycles. The highest BCUT2D eigenvalue weighted by Gasteiger charge is 2.19. The smallest absolute Gasteiger partial charge is 0.274 e. The minimum atomic E-state index is -0.0999. The Morgan fingerprint density at radius 2 is 1.93 bits per heavy atom. The van der Waals surface area contributed by atoms with Crippen molar-refractivity contribution in [2.45, 2.75) is 20.8 Å². The third-order valence-electron chi connectivity index (χ3n) is 4.77. The van der Waals surface area contributed by atoms with E-state index in [4.69, 9.17) is 4.74 Å². The topological polar surface area (TPSA) is 70.6 Å². The van der Waals surface area contributed by atoms with E-state index in [1.807, 2.05) is 0 Å². The highest BCUT2D eigenvalue weighted by Crippen LogP contribution is 2.24. The summed E-state index contributed by atoms with van der Waals surface area (Å²) in [7, 11) is 0. The van der Waals surface area contributed by atoms with Crippen molar-refractivity contribution in [1.82, 2.24) is 14.9 Å². The first-order valence-corrected chi connectivity index (χ1v) is 9.44. The Morgan fingerprint density at radius 3 is 2.52 bits per heavy atom. The molecule has 2 aromatic rings. The van der Waals surface area contributed by atoms with Gasteiger partial charge in [0.2, 0.25) is 0 Å². The number of benzene rings is 1. The van der Waals surface area contributed by atoms with Crippen molar-refractivity contribution in [2.24, 2.45) is 0 Å². The molecule has 1 saturated heterocycles. The molecule has 1 fully saturated rings. The zero-order chi connectivity index (χ0) is 19.2. The number of rotatable bonds is 6. The fourth-order valence-electron chi connectivity index (χ4n) is 3.14. The van der Waals surface area contributed by atoms with Crippen molar-refractivity contribution in [1.29, 1.82) is 0 Å². The molecule has 0 bridgehead atoms. The summed E-state index contributed by atoms with van der Waals surface area (Å²) < 4.78 is 5.28. The third kappa shape index (κ3) is 4.54. The molecule has 3 rings (SSSR count). The molecule has 27 heavy (non-hydrogen) atoms. The van der Waals surface area contributed by atoms with E-state index in [0.29, 0.717) is 37.8 Å². The second kappa shape index (κ2) is 8.81. The molecule has 1 aromatic carbocycles. The van der Waals surface area contributed by atoms with Gasteiger partial charge in [0.1, 0.15) is 11.5 Å². The molecule has 2 heterocycles. The summed E-state index contributed by atoms with van der Waals surface area (Å²) in [6.45, 7) is 10.7. The van der Waals surface area contributed by atoms with Crippen LogP contribution in [0.5, 0.6) is 0 Å². The van der Waals surface area contributed by atoms with Crippen LogP contribution in [0.25, 0.3) is 0 Å². The van der Waals surface area contributed by atoms with Crippen molar-refractivity contribution in [3.63, 3.8) is 0 Å². The van der Waals surface area contributed by atoms with Crippen LogP contribution in [0, 0.1) is 6.92 Å². The summed E-state index contributed by atoms with van der Waals surface area (Å²) in [6.07, 6.45) is 3.13. The molecule has 7 nitrogen and oxygen atoms in total. The first-order valence-electron chi connectivity index (χ1n) is 9.44. The van der Waals surface area contributed by atoms with E-state index in [1.54, 1.807) is 11.1 Å². The van der Waals surface area contributed by atoms with Crippen molar-refractivity contribution in [2.75, 3.05) is 49.6 Å². The highest BCUT2D eigenvalue weighted by atomic mass is 16.5. The van der Waals surface area contributed by atoms with Crippen molar-refractivity contribution in [3.8, 4) is 0 Å². The quantitative estimate of drug-likeness (QED) is 0.844. The molecule has 144 valence electrons. The van der Waals surface area contributed by atoms with Gasteiger partial charge in [-0.05, 0) is 44.5 Å². The van der Waals surface area contributed by atoms with Gasteiger partial charge in [-0.2, -0.15) is 0 Å². The molecule has 0 unspecified atom stereocenters. The molecule has 0 saturated carbocycles. The molecule has 7 heteroatoms. The fraction of sp³-hybridized carbons (Fsp3) is 0.450. The number of hydrogen-bond donors (Lipinski definition) is 1. The minimum absolute atomic E-state index is 0.0999. The lowest BCUT2D eigenvalue weighted by Crippen LogP contribution is -2.41. The monoisotopic (exact) mass is 369 g/mol. The number of hydrogen-bond acceptors (Lipinski definition) is 6. The number of nitrogens with one attached hydrogen (secondary N) is 1. The van der Waals surface area contributed by atoms with Gasteiger partial charge in [-0.15, -0.1) is 0 Å². The number of aromatic nitrogens is 2. The van der Waals surface area contributed by atoms with Gasteiger partial charge in [0.05, 0.1) is 25.6 Å². The van der Waals surface area contributed by atoms with E-state index in [1.165, 1.54) is 11.9 Å². The summed E-state index contributed by atoms with van der Waals surface area (Å²) in [5, 5.41) is 3.28. The van der Waals surface area contributed by atoms with Gasteiger partial charge >= 0.3 is 0 Å². The van der Waals surface area contributed by atoms with E-state index < -0.39 is 0 Å². The number of amides is 1. The highest BCUT2D eigenvalue weighted by molar-refractivity contribution is 5.92. The Bertz CT molecular complexity index is 768. The summed E-state index contributed by atoms with van der Waals surface area (Å²) in [5.41, 5.74) is 3.68. The molecular weight excluding hydrogens is 342 g/mol. The maximum atomic E-state index is 12.4. The van der Waals surface area contributed by atoms with Gasteiger partial charge in [0, 0.05) is 37.6 Å². The second-order valence-corrected chi connectivity index (χ2v) is 6.49. The summed E-state index contributed by atoms with van der Waals surface area (Å²) in [4.78, 5) is 25.1. The van der Waals surface area contributed by atoms with E-state index in [9.17, 15) is 4.79 Å². The minimum Gasteiger partial charge on any atom is -0.378 e. The van der Waals surface area contributed by atoms with Crippen LogP contribution in [0.2, 0.25) is 0 Å².